The number of rotatable bonds is 5. The van der Waals surface area contributed by atoms with Gasteiger partial charge in [0.2, 0.25) is 0 Å². The minimum absolute atomic E-state index is 0.0870. The summed E-state index contributed by atoms with van der Waals surface area (Å²) in [5, 5.41) is 5.98. The Hall–Kier alpha value is -3.61. The maximum atomic E-state index is 12.9. The highest BCUT2D eigenvalue weighted by molar-refractivity contribution is 6.03. The fraction of sp³-hybridized carbons (Fsp3) is 0.190. The van der Waals surface area contributed by atoms with Gasteiger partial charge in [-0.1, -0.05) is 6.07 Å². The molecule has 28 heavy (non-hydrogen) atoms. The molecule has 0 saturated heterocycles. The topological polar surface area (TPSA) is 77.0 Å². The molecule has 0 aliphatic carbocycles. The summed E-state index contributed by atoms with van der Waals surface area (Å²) in [4.78, 5) is 24.9. The molecular weight excluding hydrogens is 358 g/mol. The van der Waals surface area contributed by atoms with Crippen molar-refractivity contribution in [3.05, 3.63) is 88.7 Å². The normalized spacial score (nSPS) is 16.1. The number of nitrogens with zero attached hydrogens (tertiary/aromatic N) is 3. The second kappa shape index (κ2) is 7.56. The van der Waals surface area contributed by atoms with Crippen LogP contribution in [0.15, 0.2) is 81.4 Å². The first-order chi connectivity index (χ1) is 13.7. The predicted molar refractivity (Wildman–Crippen MR) is 103 cm³/mol. The molecule has 3 heterocycles. The highest BCUT2D eigenvalue weighted by atomic mass is 16.5. The van der Waals surface area contributed by atoms with Gasteiger partial charge in [0.15, 0.2) is 0 Å². The van der Waals surface area contributed by atoms with Crippen LogP contribution in [-0.2, 0) is 11.3 Å². The van der Waals surface area contributed by atoms with E-state index in [4.69, 9.17) is 9.15 Å². The molecule has 0 spiro atoms. The minimum Gasteiger partial charge on any atom is -0.497 e. The Morgan fingerprint density at radius 2 is 2.00 bits per heavy atom. The third kappa shape index (κ3) is 3.46. The molecular formula is C21H19N3O4. The average Bonchev–Trinajstić information content (AvgIpc) is 3.39. The minimum atomic E-state index is -0.348. The van der Waals surface area contributed by atoms with E-state index in [-0.39, 0.29) is 24.1 Å². The van der Waals surface area contributed by atoms with Gasteiger partial charge in [-0.05, 0) is 48.0 Å². The summed E-state index contributed by atoms with van der Waals surface area (Å²) in [6, 6.07) is 15.6. The van der Waals surface area contributed by atoms with Crippen LogP contribution in [0.5, 0.6) is 5.75 Å². The van der Waals surface area contributed by atoms with E-state index < -0.39 is 0 Å². The summed E-state index contributed by atoms with van der Waals surface area (Å²) >= 11 is 0. The van der Waals surface area contributed by atoms with Crippen LogP contribution >= 0.6 is 0 Å². The van der Waals surface area contributed by atoms with Crippen LogP contribution in [0.25, 0.3) is 0 Å². The molecule has 0 saturated carbocycles. The zero-order valence-corrected chi connectivity index (χ0v) is 15.3. The van der Waals surface area contributed by atoms with Crippen LogP contribution in [0, 0.1) is 0 Å². The van der Waals surface area contributed by atoms with Gasteiger partial charge in [-0.15, -0.1) is 0 Å². The SMILES string of the molecule is COc1ccc(C2=NN(C(=O)Cn3ccccc3=O)[C@@H](c3ccco3)C2)cc1. The van der Waals surface area contributed by atoms with Crippen molar-refractivity contribution in [3.63, 3.8) is 0 Å². The van der Waals surface area contributed by atoms with Crippen molar-refractivity contribution in [2.75, 3.05) is 7.11 Å². The molecule has 7 heteroatoms. The second-order valence-electron chi connectivity index (χ2n) is 6.42. The van der Waals surface area contributed by atoms with Crippen molar-refractivity contribution in [1.29, 1.82) is 0 Å². The van der Waals surface area contributed by atoms with Crippen LogP contribution < -0.4 is 10.3 Å². The Kier molecular flexibility index (Phi) is 4.80. The van der Waals surface area contributed by atoms with E-state index in [2.05, 4.69) is 5.10 Å². The molecule has 2 aromatic heterocycles. The number of hydrogen-bond donors (Lipinski definition) is 0. The van der Waals surface area contributed by atoms with E-state index in [1.165, 1.54) is 15.6 Å². The Bertz CT molecular complexity index is 1050. The number of pyridine rings is 1. The number of hydrazone groups is 1. The summed E-state index contributed by atoms with van der Waals surface area (Å²) in [5.41, 5.74) is 1.45. The van der Waals surface area contributed by atoms with Gasteiger partial charge < -0.3 is 13.7 Å². The maximum Gasteiger partial charge on any atom is 0.263 e. The monoisotopic (exact) mass is 377 g/mol. The number of furan rings is 1. The molecule has 7 nitrogen and oxygen atoms in total. The molecule has 4 rings (SSSR count). The lowest BCUT2D eigenvalue weighted by atomic mass is 10.0. The van der Waals surface area contributed by atoms with E-state index in [1.807, 2.05) is 30.3 Å². The molecule has 1 aliphatic rings. The summed E-state index contributed by atoms with van der Waals surface area (Å²) in [6.07, 6.45) is 3.69. The lowest BCUT2D eigenvalue weighted by molar-refractivity contribution is -0.134. The number of carbonyl (C=O) groups excluding carboxylic acids is 1. The first-order valence-corrected chi connectivity index (χ1v) is 8.88. The summed E-state index contributed by atoms with van der Waals surface area (Å²) < 4.78 is 12.1. The van der Waals surface area contributed by atoms with Gasteiger partial charge in [-0.2, -0.15) is 5.10 Å². The van der Waals surface area contributed by atoms with Crippen molar-refractivity contribution in [1.82, 2.24) is 9.58 Å². The first kappa shape index (κ1) is 17.8. The van der Waals surface area contributed by atoms with Gasteiger partial charge in [-0.25, -0.2) is 5.01 Å². The Morgan fingerprint density at radius 1 is 1.18 bits per heavy atom. The van der Waals surface area contributed by atoms with Gasteiger partial charge in [0.05, 0.1) is 19.1 Å². The van der Waals surface area contributed by atoms with E-state index in [0.717, 1.165) is 17.0 Å². The van der Waals surface area contributed by atoms with E-state index in [9.17, 15) is 9.59 Å². The molecule has 0 radical (unpaired) electrons. The largest absolute Gasteiger partial charge is 0.497 e. The number of aromatic nitrogens is 1. The fourth-order valence-corrected chi connectivity index (χ4v) is 3.21. The standard InChI is InChI=1S/C21H19N3O4/c1-27-16-9-7-15(8-10-16)17-13-18(19-5-4-12-28-19)24(22-17)21(26)14-23-11-3-2-6-20(23)25/h2-12,18H,13-14H2,1H3/t18-/m1/s1. The third-order valence-corrected chi connectivity index (χ3v) is 4.67. The third-order valence-electron chi connectivity index (χ3n) is 4.67. The quantitative estimate of drug-likeness (QED) is 0.685. The van der Waals surface area contributed by atoms with Gasteiger partial charge in [-0.3, -0.25) is 9.59 Å². The van der Waals surface area contributed by atoms with Crippen molar-refractivity contribution in [2.24, 2.45) is 5.10 Å². The van der Waals surface area contributed by atoms with Crippen LogP contribution in [0.1, 0.15) is 23.8 Å². The number of hydrogen-bond acceptors (Lipinski definition) is 5. The van der Waals surface area contributed by atoms with E-state index >= 15 is 0 Å². The summed E-state index contributed by atoms with van der Waals surface area (Å²) in [7, 11) is 1.61. The van der Waals surface area contributed by atoms with E-state index in [1.54, 1.807) is 37.8 Å². The molecule has 0 bridgehead atoms. The van der Waals surface area contributed by atoms with Crippen LogP contribution in [0.2, 0.25) is 0 Å². The van der Waals surface area contributed by atoms with Gasteiger partial charge in [0.25, 0.3) is 11.5 Å². The summed E-state index contributed by atoms with van der Waals surface area (Å²) in [6.45, 7) is -0.0870. The van der Waals surface area contributed by atoms with Crippen molar-refractivity contribution < 1.29 is 13.9 Å². The van der Waals surface area contributed by atoms with Crippen LogP contribution in [0.3, 0.4) is 0 Å². The smallest absolute Gasteiger partial charge is 0.263 e. The molecule has 0 fully saturated rings. The molecule has 1 amide bonds. The molecule has 3 aromatic rings. The predicted octanol–water partition coefficient (Wildman–Crippen LogP) is 2.83. The molecule has 1 atom stereocenters. The Labute approximate surface area is 161 Å². The second-order valence-corrected chi connectivity index (χ2v) is 6.42. The lowest BCUT2D eigenvalue weighted by Gasteiger charge is -2.20. The van der Waals surface area contributed by atoms with Crippen molar-refractivity contribution in [3.8, 4) is 5.75 Å². The maximum absolute atomic E-state index is 12.9. The molecule has 1 aromatic carbocycles. The first-order valence-electron chi connectivity index (χ1n) is 8.88. The van der Waals surface area contributed by atoms with E-state index in [0.29, 0.717) is 12.2 Å². The van der Waals surface area contributed by atoms with Gasteiger partial charge in [0.1, 0.15) is 24.1 Å². The average molecular weight is 377 g/mol. The fourth-order valence-electron chi connectivity index (χ4n) is 3.21. The molecule has 1 aliphatic heterocycles. The van der Waals surface area contributed by atoms with Crippen LogP contribution in [0.4, 0.5) is 0 Å². The lowest BCUT2D eigenvalue weighted by Crippen LogP contribution is -2.33. The highest BCUT2D eigenvalue weighted by Crippen LogP contribution is 2.33. The summed E-state index contributed by atoms with van der Waals surface area (Å²) in [5.74, 6) is 1.13. The van der Waals surface area contributed by atoms with Crippen molar-refractivity contribution in [2.45, 2.75) is 19.0 Å². The number of ether oxygens (including phenoxy) is 1. The zero-order chi connectivity index (χ0) is 19.5. The molecule has 142 valence electrons. The number of amides is 1. The number of methoxy groups -OCH3 is 1. The van der Waals surface area contributed by atoms with Gasteiger partial charge in [0, 0.05) is 18.7 Å². The Balaban J connectivity index is 1.64. The Morgan fingerprint density at radius 3 is 2.68 bits per heavy atom. The number of benzene rings is 1. The van der Waals surface area contributed by atoms with Gasteiger partial charge >= 0.3 is 0 Å². The molecule has 0 N–H and O–H groups in total. The highest BCUT2D eigenvalue weighted by Gasteiger charge is 2.34. The zero-order valence-electron chi connectivity index (χ0n) is 15.3. The van der Waals surface area contributed by atoms with Crippen molar-refractivity contribution >= 4 is 11.6 Å². The number of carbonyl (C=O) groups is 1. The molecule has 0 unspecified atom stereocenters. The van der Waals surface area contributed by atoms with Crippen LogP contribution in [-0.4, -0.2) is 28.3 Å².